The molecular weight excluding hydrogens is 210 g/mol. The molecule has 1 aromatic rings. The number of hydrogen-bond donors (Lipinski definition) is 0. The molecule has 1 aliphatic carbocycles. The number of nitrogens with zero attached hydrogens (tertiary/aromatic N) is 1. The van der Waals surface area contributed by atoms with Gasteiger partial charge < -0.3 is 4.90 Å². The molecule has 0 heterocycles. The molecule has 1 fully saturated rings. The van der Waals surface area contributed by atoms with Gasteiger partial charge in [0.05, 0.1) is 0 Å². The topological polar surface area (TPSA) is 20.3 Å². The molecule has 0 N–H and O–H groups in total. The van der Waals surface area contributed by atoms with E-state index >= 15 is 0 Å². The molecule has 0 bridgehead atoms. The highest BCUT2D eigenvalue weighted by atomic mass is 16.1. The number of amides is 1. The maximum atomic E-state index is 11.2. The maximum absolute atomic E-state index is 11.2. The van der Waals surface area contributed by atoms with E-state index in [1.54, 1.807) is 0 Å². The van der Waals surface area contributed by atoms with Gasteiger partial charge in [-0.2, -0.15) is 0 Å². The van der Waals surface area contributed by atoms with Crippen LogP contribution >= 0.6 is 0 Å². The molecule has 2 rings (SSSR count). The fourth-order valence-electron chi connectivity index (χ4n) is 2.64. The second kappa shape index (κ2) is 6.43. The molecule has 1 saturated carbocycles. The van der Waals surface area contributed by atoms with Crippen LogP contribution in [0.4, 0.5) is 0 Å². The smallest absolute Gasteiger partial charge is 0.209 e. The van der Waals surface area contributed by atoms with Crippen molar-refractivity contribution in [1.82, 2.24) is 4.90 Å². The molecule has 1 amide bonds. The number of carbonyl (C=O) groups excluding carboxylic acids is 1. The molecule has 17 heavy (non-hydrogen) atoms. The zero-order valence-electron chi connectivity index (χ0n) is 10.3. The first kappa shape index (κ1) is 12.2. The van der Waals surface area contributed by atoms with Gasteiger partial charge >= 0.3 is 0 Å². The Morgan fingerprint density at radius 2 is 1.82 bits per heavy atom. The molecule has 2 nitrogen and oxygen atoms in total. The highest BCUT2D eigenvalue weighted by molar-refractivity contribution is 5.47. The van der Waals surface area contributed by atoms with Gasteiger partial charge in [-0.05, 0) is 24.8 Å². The Hall–Kier alpha value is -1.31. The zero-order valence-corrected chi connectivity index (χ0v) is 10.3. The van der Waals surface area contributed by atoms with Crippen molar-refractivity contribution in [2.45, 2.75) is 44.6 Å². The van der Waals surface area contributed by atoms with Crippen molar-refractivity contribution in [3.63, 3.8) is 0 Å². The lowest BCUT2D eigenvalue weighted by molar-refractivity contribution is -0.120. The number of rotatable bonds is 5. The Balaban J connectivity index is 1.85. The van der Waals surface area contributed by atoms with Gasteiger partial charge in [0.2, 0.25) is 6.41 Å². The average Bonchev–Trinajstić information content (AvgIpc) is 2.42. The van der Waals surface area contributed by atoms with Crippen molar-refractivity contribution in [1.29, 1.82) is 0 Å². The lowest BCUT2D eigenvalue weighted by atomic mass is 9.94. The van der Waals surface area contributed by atoms with Crippen LogP contribution < -0.4 is 0 Å². The molecular formula is C15H21NO. The molecule has 92 valence electrons. The molecule has 0 unspecified atom stereocenters. The van der Waals surface area contributed by atoms with Crippen LogP contribution in [0.15, 0.2) is 30.3 Å². The third-order valence-corrected chi connectivity index (χ3v) is 3.68. The van der Waals surface area contributed by atoms with E-state index in [1.807, 2.05) is 11.0 Å². The molecule has 0 aromatic heterocycles. The van der Waals surface area contributed by atoms with Crippen LogP contribution in [0.5, 0.6) is 0 Å². The Morgan fingerprint density at radius 1 is 1.12 bits per heavy atom. The van der Waals surface area contributed by atoms with Crippen molar-refractivity contribution >= 4 is 6.41 Å². The fraction of sp³-hybridized carbons (Fsp3) is 0.533. The van der Waals surface area contributed by atoms with Crippen molar-refractivity contribution < 1.29 is 4.79 Å². The van der Waals surface area contributed by atoms with E-state index < -0.39 is 0 Å². The number of benzene rings is 1. The van der Waals surface area contributed by atoms with Gasteiger partial charge in [-0.1, -0.05) is 49.6 Å². The highest BCUT2D eigenvalue weighted by Gasteiger charge is 2.19. The third-order valence-electron chi connectivity index (χ3n) is 3.68. The molecule has 1 aromatic carbocycles. The fourth-order valence-corrected chi connectivity index (χ4v) is 2.64. The van der Waals surface area contributed by atoms with Crippen LogP contribution in [0.25, 0.3) is 0 Å². The summed E-state index contributed by atoms with van der Waals surface area (Å²) in [6, 6.07) is 10.9. The van der Waals surface area contributed by atoms with Gasteiger partial charge in [0.15, 0.2) is 0 Å². The molecule has 0 spiro atoms. The van der Waals surface area contributed by atoms with Crippen molar-refractivity contribution in [2.24, 2.45) is 0 Å². The van der Waals surface area contributed by atoms with Crippen molar-refractivity contribution in [2.75, 3.05) is 6.54 Å². The Labute approximate surface area is 104 Å². The Kier molecular flexibility index (Phi) is 4.60. The SMILES string of the molecule is O=CN(CCc1ccccc1)C1CCCCC1. The summed E-state index contributed by atoms with van der Waals surface area (Å²) < 4.78 is 0. The van der Waals surface area contributed by atoms with Crippen molar-refractivity contribution in [3.05, 3.63) is 35.9 Å². The molecule has 2 heteroatoms. The van der Waals surface area contributed by atoms with E-state index in [0.717, 1.165) is 19.4 Å². The van der Waals surface area contributed by atoms with Gasteiger partial charge in [0, 0.05) is 12.6 Å². The highest BCUT2D eigenvalue weighted by Crippen LogP contribution is 2.21. The summed E-state index contributed by atoms with van der Waals surface area (Å²) in [5.74, 6) is 0. The van der Waals surface area contributed by atoms with Gasteiger partial charge in [-0.15, -0.1) is 0 Å². The standard InChI is InChI=1S/C15H21NO/c17-13-16(15-9-5-2-6-10-15)12-11-14-7-3-1-4-8-14/h1,3-4,7-8,13,15H,2,5-6,9-12H2. The molecule has 0 radical (unpaired) electrons. The van der Waals surface area contributed by atoms with E-state index in [0.29, 0.717) is 6.04 Å². The summed E-state index contributed by atoms with van der Waals surface area (Å²) in [7, 11) is 0. The third kappa shape index (κ3) is 3.58. The zero-order chi connectivity index (χ0) is 11.9. The van der Waals surface area contributed by atoms with Crippen LogP contribution in [0, 0.1) is 0 Å². The summed E-state index contributed by atoms with van der Waals surface area (Å²) in [5.41, 5.74) is 1.31. The minimum atomic E-state index is 0.491. The van der Waals surface area contributed by atoms with Gasteiger partial charge in [-0.25, -0.2) is 0 Å². The normalized spacial score (nSPS) is 16.7. The quantitative estimate of drug-likeness (QED) is 0.713. The van der Waals surface area contributed by atoms with Crippen LogP contribution in [-0.2, 0) is 11.2 Å². The molecule has 0 saturated heterocycles. The van der Waals surface area contributed by atoms with E-state index in [9.17, 15) is 4.79 Å². The van der Waals surface area contributed by atoms with E-state index in [4.69, 9.17) is 0 Å². The first-order valence-corrected chi connectivity index (χ1v) is 6.65. The average molecular weight is 231 g/mol. The number of carbonyl (C=O) groups is 1. The summed E-state index contributed by atoms with van der Waals surface area (Å²) in [5, 5.41) is 0. The number of hydrogen-bond acceptors (Lipinski definition) is 1. The minimum Gasteiger partial charge on any atom is -0.342 e. The maximum Gasteiger partial charge on any atom is 0.209 e. The van der Waals surface area contributed by atoms with Crippen LogP contribution in [0.3, 0.4) is 0 Å². The molecule has 1 aliphatic rings. The van der Waals surface area contributed by atoms with E-state index in [2.05, 4.69) is 24.3 Å². The lowest BCUT2D eigenvalue weighted by Crippen LogP contribution is -2.37. The van der Waals surface area contributed by atoms with Crippen LogP contribution in [-0.4, -0.2) is 23.9 Å². The molecule has 0 aliphatic heterocycles. The summed E-state index contributed by atoms with van der Waals surface area (Å²) in [4.78, 5) is 13.2. The summed E-state index contributed by atoms with van der Waals surface area (Å²) in [6.07, 6.45) is 8.28. The minimum absolute atomic E-state index is 0.491. The second-order valence-electron chi connectivity index (χ2n) is 4.87. The monoisotopic (exact) mass is 231 g/mol. The first-order chi connectivity index (χ1) is 8.40. The van der Waals surface area contributed by atoms with Crippen LogP contribution in [0.2, 0.25) is 0 Å². The predicted molar refractivity (Wildman–Crippen MR) is 69.8 cm³/mol. The van der Waals surface area contributed by atoms with Gasteiger partial charge in [0.25, 0.3) is 0 Å². The van der Waals surface area contributed by atoms with Crippen LogP contribution in [0.1, 0.15) is 37.7 Å². The predicted octanol–water partition coefficient (Wildman–Crippen LogP) is 3.02. The second-order valence-corrected chi connectivity index (χ2v) is 4.87. The van der Waals surface area contributed by atoms with E-state index in [-0.39, 0.29) is 0 Å². The Bertz CT molecular complexity index is 330. The lowest BCUT2D eigenvalue weighted by Gasteiger charge is -2.31. The first-order valence-electron chi connectivity index (χ1n) is 6.65. The Morgan fingerprint density at radius 3 is 2.47 bits per heavy atom. The largest absolute Gasteiger partial charge is 0.342 e. The summed E-state index contributed by atoms with van der Waals surface area (Å²) >= 11 is 0. The van der Waals surface area contributed by atoms with Gasteiger partial charge in [-0.3, -0.25) is 4.79 Å². The van der Waals surface area contributed by atoms with Crippen molar-refractivity contribution in [3.8, 4) is 0 Å². The van der Waals surface area contributed by atoms with E-state index in [1.165, 1.54) is 37.7 Å². The summed E-state index contributed by atoms with van der Waals surface area (Å²) in [6.45, 7) is 0.859. The van der Waals surface area contributed by atoms with Gasteiger partial charge in [0.1, 0.15) is 0 Å². The molecule has 0 atom stereocenters.